The molecule has 1 aromatic carbocycles. The Morgan fingerprint density at radius 3 is 2.81 bits per heavy atom. The van der Waals surface area contributed by atoms with Crippen molar-refractivity contribution in [1.29, 1.82) is 0 Å². The molecule has 0 fully saturated rings. The van der Waals surface area contributed by atoms with Crippen LogP contribution >= 0.6 is 0 Å². The van der Waals surface area contributed by atoms with E-state index in [4.69, 9.17) is 5.73 Å². The van der Waals surface area contributed by atoms with Gasteiger partial charge in [-0.1, -0.05) is 18.2 Å². The largest absolute Gasteiger partial charge is 0.389 e. The molecule has 4 nitrogen and oxygen atoms in total. The molecule has 4 N–H and O–H groups in total. The van der Waals surface area contributed by atoms with Gasteiger partial charge in [-0.15, -0.1) is 0 Å². The van der Waals surface area contributed by atoms with Crippen LogP contribution in [0.5, 0.6) is 0 Å². The molecule has 16 heavy (non-hydrogen) atoms. The normalized spacial score (nSPS) is 12.2. The second kappa shape index (κ2) is 6.25. The lowest BCUT2D eigenvalue weighted by atomic mass is 10.1. The first-order valence-corrected chi connectivity index (χ1v) is 5.42. The van der Waals surface area contributed by atoms with Gasteiger partial charge in [-0.2, -0.15) is 0 Å². The topological polar surface area (TPSA) is 75.3 Å². The molecular weight excluding hydrogens is 204 g/mol. The molecule has 0 radical (unpaired) electrons. The van der Waals surface area contributed by atoms with Gasteiger partial charge in [-0.25, -0.2) is 0 Å². The monoisotopic (exact) mass is 222 g/mol. The predicted molar refractivity (Wildman–Crippen MR) is 64.0 cm³/mol. The second-order valence-electron chi connectivity index (χ2n) is 3.70. The number of nitrogens with two attached hydrogens (primary N) is 1. The summed E-state index contributed by atoms with van der Waals surface area (Å²) in [6.45, 7) is 2.18. The van der Waals surface area contributed by atoms with E-state index >= 15 is 0 Å². The zero-order valence-corrected chi connectivity index (χ0v) is 9.44. The van der Waals surface area contributed by atoms with Gasteiger partial charge in [0.1, 0.15) is 0 Å². The minimum absolute atomic E-state index is 0.0708. The highest BCUT2D eigenvalue weighted by Crippen LogP contribution is 2.22. The van der Waals surface area contributed by atoms with Crippen LogP contribution in [0.2, 0.25) is 0 Å². The number of rotatable bonds is 5. The number of amides is 1. The molecule has 1 rings (SSSR count). The maximum absolute atomic E-state index is 11.5. The smallest absolute Gasteiger partial charge is 0.224 e. The number of anilines is 1. The number of carbonyl (C=O) groups excluding carboxylic acids is 1. The molecule has 0 saturated heterocycles. The van der Waals surface area contributed by atoms with Crippen molar-refractivity contribution < 1.29 is 9.90 Å². The summed E-state index contributed by atoms with van der Waals surface area (Å²) in [5.74, 6) is -0.0708. The lowest BCUT2D eigenvalue weighted by Gasteiger charge is -2.12. The van der Waals surface area contributed by atoms with Gasteiger partial charge in [-0.3, -0.25) is 4.79 Å². The van der Waals surface area contributed by atoms with Crippen molar-refractivity contribution in [1.82, 2.24) is 0 Å². The summed E-state index contributed by atoms with van der Waals surface area (Å²) < 4.78 is 0. The number of nitrogens with one attached hydrogen (secondary N) is 1. The molecule has 1 aromatic rings. The Morgan fingerprint density at radius 2 is 2.19 bits per heavy atom. The van der Waals surface area contributed by atoms with Crippen LogP contribution in [0.15, 0.2) is 24.3 Å². The SMILES string of the molecule is CC(O)c1ccccc1NC(=O)CCCN. The number of hydrogen-bond donors (Lipinski definition) is 3. The molecule has 0 spiro atoms. The van der Waals surface area contributed by atoms with Crippen LogP contribution in [0, 0.1) is 0 Å². The summed E-state index contributed by atoms with van der Waals surface area (Å²) in [6, 6.07) is 7.23. The Morgan fingerprint density at radius 1 is 1.50 bits per heavy atom. The highest BCUT2D eigenvalue weighted by molar-refractivity contribution is 5.91. The average Bonchev–Trinajstić information content (AvgIpc) is 2.27. The molecule has 4 heteroatoms. The predicted octanol–water partition coefficient (Wildman–Crippen LogP) is 1.42. The van der Waals surface area contributed by atoms with E-state index in [0.29, 0.717) is 25.1 Å². The fraction of sp³-hybridized carbons (Fsp3) is 0.417. The van der Waals surface area contributed by atoms with Gasteiger partial charge in [0, 0.05) is 17.7 Å². The maximum atomic E-state index is 11.5. The molecule has 0 saturated carbocycles. The van der Waals surface area contributed by atoms with Gasteiger partial charge in [0.15, 0.2) is 0 Å². The number of aliphatic hydroxyl groups excluding tert-OH is 1. The number of aliphatic hydroxyl groups is 1. The first kappa shape index (κ1) is 12.7. The van der Waals surface area contributed by atoms with Crippen LogP contribution in [0.25, 0.3) is 0 Å². The molecule has 0 aliphatic heterocycles. The van der Waals surface area contributed by atoms with Gasteiger partial charge in [-0.05, 0) is 26.0 Å². The number of carbonyl (C=O) groups is 1. The van der Waals surface area contributed by atoms with Crippen LogP contribution < -0.4 is 11.1 Å². The minimum atomic E-state index is -0.592. The summed E-state index contributed by atoms with van der Waals surface area (Å²) in [7, 11) is 0. The highest BCUT2D eigenvalue weighted by atomic mass is 16.3. The third-order valence-electron chi connectivity index (χ3n) is 2.29. The lowest BCUT2D eigenvalue weighted by Crippen LogP contribution is -2.15. The van der Waals surface area contributed by atoms with Crippen molar-refractivity contribution in [3.63, 3.8) is 0 Å². The van der Waals surface area contributed by atoms with Gasteiger partial charge < -0.3 is 16.2 Å². The Bertz CT molecular complexity index is 351. The molecule has 0 aliphatic rings. The standard InChI is InChI=1S/C12H18N2O2/c1-9(15)10-5-2-3-6-11(10)14-12(16)7-4-8-13/h2-3,5-6,9,15H,4,7-8,13H2,1H3,(H,14,16). The van der Waals surface area contributed by atoms with Gasteiger partial charge >= 0.3 is 0 Å². The third kappa shape index (κ3) is 3.64. The van der Waals surface area contributed by atoms with Crippen LogP contribution in [0.3, 0.4) is 0 Å². The zero-order valence-electron chi connectivity index (χ0n) is 9.44. The van der Waals surface area contributed by atoms with E-state index in [1.807, 2.05) is 12.1 Å². The van der Waals surface area contributed by atoms with Gasteiger partial charge in [0.25, 0.3) is 0 Å². The van der Waals surface area contributed by atoms with Crippen molar-refractivity contribution in [3.05, 3.63) is 29.8 Å². The Kier molecular flexibility index (Phi) is 4.95. The molecule has 0 heterocycles. The average molecular weight is 222 g/mol. The second-order valence-corrected chi connectivity index (χ2v) is 3.70. The van der Waals surface area contributed by atoms with E-state index in [2.05, 4.69) is 5.32 Å². The molecule has 1 unspecified atom stereocenters. The van der Waals surface area contributed by atoms with Crippen molar-refractivity contribution in [2.45, 2.75) is 25.9 Å². The molecule has 0 bridgehead atoms. The van der Waals surface area contributed by atoms with Crippen LogP contribution in [0.4, 0.5) is 5.69 Å². The van der Waals surface area contributed by atoms with Gasteiger partial charge in [0.2, 0.25) is 5.91 Å². The molecular formula is C12H18N2O2. The summed E-state index contributed by atoms with van der Waals surface area (Å²) in [6.07, 6.45) is 0.485. The van der Waals surface area contributed by atoms with E-state index in [9.17, 15) is 9.90 Å². The summed E-state index contributed by atoms with van der Waals surface area (Å²) in [4.78, 5) is 11.5. The lowest BCUT2D eigenvalue weighted by molar-refractivity contribution is -0.116. The first-order chi connectivity index (χ1) is 7.65. The van der Waals surface area contributed by atoms with E-state index in [-0.39, 0.29) is 5.91 Å². The fourth-order valence-electron chi connectivity index (χ4n) is 1.45. The molecule has 88 valence electrons. The Balaban J connectivity index is 2.69. The molecule has 1 atom stereocenters. The van der Waals surface area contributed by atoms with Crippen LogP contribution in [-0.2, 0) is 4.79 Å². The summed E-state index contributed by atoms with van der Waals surface area (Å²) in [5, 5.41) is 12.3. The number of para-hydroxylation sites is 1. The third-order valence-corrected chi connectivity index (χ3v) is 2.29. The van der Waals surface area contributed by atoms with Crippen LogP contribution in [0.1, 0.15) is 31.4 Å². The highest BCUT2D eigenvalue weighted by Gasteiger charge is 2.09. The maximum Gasteiger partial charge on any atom is 0.224 e. The summed E-state index contributed by atoms with van der Waals surface area (Å²) >= 11 is 0. The molecule has 0 aromatic heterocycles. The Hall–Kier alpha value is -1.39. The molecule has 0 aliphatic carbocycles. The van der Waals surface area contributed by atoms with E-state index in [0.717, 1.165) is 5.56 Å². The van der Waals surface area contributed by atoms with Crippen molar-refractivity contribution in [2.24, 2.45) is 5.73 Å². The van der Waals surface area contributed by atoms with E-state index < -0.39 is 6.10 Å². The number of benzene rings is 1. The quantitative estimate of drug-likeness (QED) is 0.705. The van der Waals surface area contributed by atoms with Crippen molar-refractivity contribution >= 4 is 11.6 Å². The minimum Gasteiger partial charge on any atom is -0.389 e. The fourth-order valence-corrected chi connectivity index (χ4v) is 1.45. The van der Waals surface area contributed by atoms with Crippen molar-refractivity contribution in [3.8, 4) is 0 Å². The van der Waals surface area contributed by atoms with E-state index in [1.54, 1.807) is 19.1 Å². The Labute approximate surface area is 95.5 Å². The van der Waals surface area contributed by atoms with E-state index in [1.165, 1.54) is 0 Å². The van der Waals surface area contributed by atoms with Gasteiger partial charge in [0.05, 0.1) is 6.10 Å². The van der Waals surface area contributed by atoms with Crippen molar-refractivity contribution in [2.75, 3.05) is 11.9 Å². The first-order valence-electron chi connectivity index (χ1n) is 5.42. The number of hydrogen-bond acceptors (Lipinski definition) is 3. The summed E-state index contributed by atoms with van der Waals surface area (Å²) in [5.41, 5.74) is 6.72. The molecule has 1 amide bonds. The van der Waals surface area contributed by atoms with Crippen LogP contribution in [-0.4, -0.2) is 17.6 Å². The zero-order chi connectivity index (χ0) is 12.0.